The quantitative estimate of drug-likeness (QED) is 0.294. The fraction of sp³-hybridized carbons (Fsp3) is 0.706. The first-order chi connectivity index (χ1) is 11.7. The van der Waals surface area contributed by atoms with E-state index in [1.165, 1.54) is 0 Å². The van der Waals surface area contributed by atoms with Gasteiger partial charge in [-0.05, 0) is 26.7 Å². The van der Waals surface area contributed by atoms with Crippen molar-refractivity contribution in [3.05, 3.63) is 17.0 Å². The molecule has 0 unspecified atom stereocenters. The third kappa shape index (κ3) is 6.60. The van der Waals surface area contributed by atoms with Gasteiger partial charge in [0.2, 0.25) is 0 Å². The van der Waals surface area contributed by atoms with E-state index in [4.69, 9.17) is 9.26 Å². The number of nitrogens with zero attached hydrogens (tertiary/aromatic N) is 2. The van der Waals surface area contributed by atoms with Crippen LogP contribution in [0, 0.1) is 0 Å². The van der Waals surface area contributed by atoms with Gasteiger partial charge in [0.25, 0.3) is 0 Å². The van der Waals surface area contributed by atoms with Crippen LogP contribution in [0.1, 0.15) is 57.6 Å². The molecule has 0 saturated heterocycles. The van der Waals surface area contributed by atoms with E-state index in [2.05, 4.69) is 27.7 Å². The summed E-state index contributed by atoms with van der Waals surface area (Å²) >= 11 is 0. The highest BCUT2D eigenvalue weighted by molar-refractivity contribution is 5.79. The minimum atomic E-state index is -0.161. The molecule has 1 aromatic rings. The van der Waals surface area contributed by atoms with Crippen molar-refractivity contribution in [3.8, 4) is 0 Å². The summed E-state index contributed by atoms with van der Waals surface area (Å²) in [5.41, 5.74) is 2.04. The van der Waals surface area contributed by atoms with Crippen LogP contribution in [0.3, 0.4) is 0 Å². The zero-order valence-corrected chi connectivity index (χ0v) is 15.3. The molecule has 0 bridgehead atoms. The van der Waals surface area contributed by atoms with Gasteiger partial charge in [-0.25, -0.2) is 4.99 Å². The van der Waals surface area contributed by atoms with Gasteiger partial charge in [0, 0.05) is 31.5 Å². The molecule has 1 rings (SSSR count). The van der Waals surface area contributed by atoms with Crippen molar-refractivity contribution >= 4 is 11.9 Å². The van der Waals surface area contributed by atoms with Crippen LogP contribution in [0.25, 0.3) is 0 Å². The number of esters is 1. The maximum absolute atomic E-state index is 11.3. The van der Waals surface area contributed by atoms with Crippen molar-refractivity contribution in [3.63, 3.8) is 0 Å². The molecule has 0 radical (unpaired) electrons. The molecule has 7 nitrogen and oxygen atoms in total. The van der Waals surface area contributed by atoms with E-state index >= 15 is 0 Å². The minimum absolute atomic E-state index is 0.161. The minimum Gasteiger partial charge on any atom is -0.466 e. The SMILES string of the molecule is CCNC(=NCc1c(CC)noc1CC)NCCCC(=O)OCC. The van der Waals surface area contributed by atoms with Crippen molar-refractivity contribution in [2.24, 2.45) is 4.99 Å². The highest BCUT2D eigenvalue weighted by atomic mass is 16.5. The fourth-order valence-electron chi connectivity index (χ4n) is 2.29. The molecule has 0 aliphatic heterocycles. The fourth-order valence-corrected chi connectivity index (χ4v) is 2.29. The van der Waals surface area contributed by atoms with Gasteiger partial charge >= 0.3 is 5.97 Å². The zero-order chi connectivity index (χ0) is 17.8. The Balaban J connectivity index is 2.56. The number of nitrogens with one attached hydrogen (secondary N) is 2. The molecule has 0 atom stereocenters. The van der Waals surface area contributed by atoms with Crippen molar-refractivity contribution in [2.45, 2.75) is 59.9 Å². The number of ether oxygens (including phenoxy) is 1. The van der Waals surface area contributed by atoms with Crippen molar-refractivity contribution in [1.82, 2.24) is 15.8 Å². The Bertz CT molecular complexity index is 504. The molecule has 0 aliphatic rings. The summed E-state index contributed by atoms with van der Waals surface area (Å²) < 4.78 is 10.3. The van der Waals surface area contributed by atoms with E-state index in [-0.39, 0.29) is 5.97 Å². The van der Waals surface area contributed by atoms with E-state index in [9.17, 15) is 4.79 Å². The standard InChI is InChI=1S/C17H30N4O3/c1-5-14-13(15(6-2)24-21-14)12-20-17(18-7-3)19-11-9-10-16(22)23-8-4/h5-12H2,1-4H3,(H2,18,19,20). The Labute approximate surface area is 144 Å². The number of hydrogen-bond donors (Lipinski definition) is 2. The number of aryl methyl sites for hydroxylation is 2. The first kappa shape index (κ1) is 20.0. The normalized spacial score (nSPS) is 11.4. The van der Waals surface area contributed by atoms with Gasteiger partial charge < -0.3 is 19.9 Å². The zero-order valence-electron chi connectivity index (χ0n) is 15.3. The Kier molecular flexibility index (Phi) is 9.56. The molecule has 24 heavy (non-hydrogen) atoms. The van der Waals surface area contributed by atoms with Crippen LogP contribution in [-0.2, 0) is 28.9 Å². The summed E-state index contributed by atoms with van der Waals surface area (Å²) in [6.45, 7) is 10.3. The maximum atomic E-state index is 11.3. The summed E-state index contributed by atoms with van der Waals surface area (Å²) in [4.78, 5) is 15.9. The second-order valence-electron chi connectivity index (χ2n) is 5.27. The first-order valence-electron chi connectivity index (χ1n) is 8.80. The lowest BCUT2D eigenvalue weighted by molar-refractivity contribution is -0.143. The number of hydrogen-bond acceptors (Lipinski definition) is 5. The summed E-state index contributed by atoms with van der Waals surface area (Å²) in [6.07, 6.45) is 2.75. The summed E-state index contributed by atoms with van der Waals surface area (Å²) in [6, 6.07) is 0. The molecule has 136 valence electrons. The maximum Gasteiger partial charge on any atom is 0.305 e. The van der Waals surface area contributed by atoms with Crippen LogP contribution in [-0.4, -0.2) is 36.8 Å². The molecule has 1 aromatic heterocycles. The van der Waals surface area contributed by atoms with Crippen LogP contribution < -0.4 is 10.6 Å². The Morgan fingerprint density at radius 1 is 1.21 bits per heavy atom. The highest BCUT2D eigenvalue weighted by Gasteiger charge is 2.13. The second-order valence-corrected chi connectivity index (χ2v) is 5.27. The molecule has 2 N–H and O–H groups in total. The predicted molar refractivity (Wildman–Crippen MR) is 93.9 cm³/mol. The lowest BCUT2D eigenvalue weighted by atomic mass is 10.1. The molecular formula is C17H30N4O3. The summed E-state index contributed by atoms with van der Waals surface area (Å²) in [5.74, 6) is 1.46. The molecule has 0 spiro atoms. The Hall–Kier alpha value is -2.05. The summed E-state index contributed by atoms with van der Waals surface area (Å²) in [7, 11) is 0. The number of carbonyl (C=O) groups is 1. The lowest BCUT2D eigenvalue weighted by Crippen LogP contribution is -2.37. The second kappa shape index (κ2) is 11.5. The molecule has 0 fully saturated rings. The van der Waals surface area contributed by atoms with Gasteiger partial charge in [0.1, 0.15) is 5.76 Å². The predicted octanol–water partition coefficient (Wildman–Crippen LogP) is 2.20. The molecular weight excluding hydrogens is 308 g/mol. The van der Waals surface area contributed by atoms with Gasteiger partial charge in [-0.15, -0.1) is 0 Å². The van der Waals surface area contributed by atoms with Gasteiger partial charge in [-0.2, -0.15) is 0 Å². The smallest absolute Gasteiger partial charge is 0.305 e. The third-order valence-electron chi connectivity index (χ3n) is 3.50. The highest BCUT2D eigenvalue weighted by Crippen LogP contribution is 2.16. The number of guanidine groups is 1. The lowest BCUT2D eigenvalue weighted by Gasteiger charge is -2.11. The largest absolute Gasteiger partial charge is 0.466 e. The van der Waals surface area contributed by atoms with E-state index < -0.39 is 0 Å². The Morgan fingerprint density at radius 3 is 2.62 bits per heavy atom. The van der Waals surface area contributed by atoms with E-state index in [1.807, 2.05) is 20.8 Å². The number of aromatic nitrogens is 1. The van der Waals surface area contributed by atoms with Crippen LogP contribution in [0.4, 0.5) is 0 Å². The van der Waals surface area contributed by atoms with Crippen molar-refractivity contribution in [1.29, 1.82) is 0 Å². The molecule has 0 amide bonds. The van der Waals surface area contributed by atoms with E-state index in [0.717, 1.165) is 42.4 Å². The van der Waals surface area contributed by atoms with Crippen LogP contribution >= 0.6 is 0 Å². The van der Waals surface area contributed by atoms with Gasteiger partial charge in [0.15, 0.2) is 5.96 Å². The van der Waals surface area contributed by atoms with Crippen molar-refractivity contribution in [2.75, 3.05) is 19.7 Å². The molecule has 0 saturated carbocycles. The molecule has 1 heterocycles. The third-order valence-corrected chi connectivity index (χ3v) is 3.50. The average Bonchev–Trinajstić information content (AvgIpc) is 2.98. The topological polar surface area (TPSA) is 88.8 Å². The van der Waals surface area contributed by atoms with Gasteiger partial charge in [-0.1, -0.05) is 19.0 Å². The number of aliphatic imine (C=N–C) groups is 1. The van der Waals surface area contributed by atoms with Gasteiger partial charge in [0.05, 0.1) is 18.8 Å². The van der Waals surface area contributed by atoms with Crippen molar-refractivity contribution < 1.29 is 14.1 Å². The van der Waals surface area contributed by atoms with Gasteiger partial charge in [-0.3, -0.25) is 4.79 Å². The molecule has 7 heteroatoms. The average molecular weight is 338 g/mol. The van der Waals surface area contributed by atoms with Crippen LogP contribution in [0.2, 0.25) is 0 Å². The Morgan fingerprint density at radius 2 is 2.00 bits per heavy atom. The van der Waals surface area contributed by atoms with E-state index in [0.29, 0.717) is 32.5 Å². The van der Waals surface area contributed by atoms with E-state index in [1.54, 1.807) is 0 Å². The van der Waals surface area contributed by atoms with Crippen LogP contribution in [0.5, 0.6) is 0 Å². The van der Waals surface area contributed by atoms with Crippen LogP contribution in [0.15, 0.2) is 9.52 Å². The molecule has 0 aromatic carbocycles. The number of carbonyl (C=O) groups excluding carboxylic acids is 1. The number of rotatable bonds is 10. The first-order valence-corrected chi connectivity index (χ1v) is 8.80. The monoisotopic (exact) mass is 338 g/mol. The summed E-state index contributed by atoms with van der Waals surface area (Å²) in [5, 5.41) is 10.5. The molecule has 0 aliphatic carbocycles.